The maximum absolute atomic E-state index is 9.99. The van der Waals surface area contributed by atoms with Crippen LogP contribution in [0.4, 0.5) is 0 Å². The molecule has 1 aliphatic rings. The molecular formula is C15H23NO2. The van der Waals surface area contributed by atoms with Crippen molar-refractivity contribution in [2.45, 2.75) is 51.2 Å². The highest BCUT2D eigenvalue weighted by Gasteiger charge is 2.22. The van der Waals surface area contributed by atoms with Crippen LogP contribution >= 0.6 is 0 Å². The molecule has 100 valence electrons. The second-order valence-electron chi connectivity index (χ2n) is 5.46. The fourth-order valence-electron chi connectivity index (χ4n) is 2.32. The third-order valence-corrected chi connectivity index (χ3v) is 3.81. The van der Waals surface area contributed by atoms with Crippen molar-refractivity contribution in [2.24, 2.45) is 5.73 Å². The van der Waals surface area contributed by atoms with Crippen molar-refractivity contribution < 1.29 is 9.84 Å². The minimum Gasteiger partial charge on any atom is -0.490 e. The van der Waals surface area contributed by atoms with E-state index < -0.39 is 5.60 Å². The Bertz CT molecular complexity index is 415. The minimum absolute atomic E-state index is 0.129. The van der Waals surface area contributed by atoms with Gasteiger partial charge in [-0.05, 0) is 49.8 Å². The number of ether oxygens (including phenoxy) is 1. The van der Waals surface area contributed by atoms with Crippen LogP contribution in [-0.4, -0.2) is 17.3 Å². The van der Waals surface area contributed by atoms with Gasteiger partial charge in [0.1, 0.15) is 12.4 Å². The van der Waals surface area contributed by atoms with Crippen LogP contribution in [0.5, 0.6) is 5.75 Å². The zero-order valence-corrected chi connectivity index (χ0v) is 11.3. The molecule has 0 saturated carbocycles. The van der Waals surface area contributed by atoms with Gasteiger partial charge in [-0.1, -0.05) is 19.1 Å². The van der Waals surface area contributed by atoms with Crippen molar-refractivity contribution in [3.05, 3.63) is 29.3 Å². The van der Waals surface area contributed by atoms with Crippen molar-refractivity contribution in [2.75, 3.05) is 6.61 Å². The van der Waals surface area contributed by atoms with E-state index in [-0.39, 0.29) is 6.04 Å². The van der Waals surface area contributed by atoms with E-state index in [1.165, 1.54) is 11.1 Å². The third-order valence-electron chi connectivity index (χ3n) is 3.81. The molecule has 3 nitrogen and oxygen atoms in total. The average molecular weight is 249 g/mol. The zero-order valence-electron chi connectivity index (χ0n) is 11.3. The third kappa shape index (κ3) is 2.85. The van der Waals surface area contributed by atoms with Crippen LogP contribution in [0, 0.1) is 0 Å². The molecular weight excluding hydrogens is 226 g/mol. The highest BCUT2D eigenvalue weighted by atomic mass is 16.5. The Balaban J connectivity index is 2.17. The first kappa shape index (κ1) is 13.4. The predicted octanol–water partition coefficient (Wildman–Crippen LogP) is 2.56. The van der Waals surface area contributed by atoms with Gasteiger partial charge in [-0.2, -0.15) is 0 Å². The normalized spacial score (nSPS) is 22.1. The van der Waals surface area contributed by atoms with Gasteiger partial charge in [0.15, 0.2) is 0 Å². The van der Waals surface area contributed by atoms with E-state index in [2.05, 4.69) is 6.07 Å². The van der Waals surface area contributed by atoms with Gasteiger partial charge in [0.05, 0.1) is 5.60 Å². The number of fused-ring (bicyclic) bond motifs is 1. The Kier molecular flexibility index (Phi) is 3.93. The van der Waals surface area contributed by atoms with Gasteiger partial charge >= 0.3 is 0 Å². The van der Waals surface area contributed by atoms with Crippen LogP contribution < -0.4 is 10.5 Å². The molecule has 1 aromatic carbocycles. The summed E-state index contributed by atoms with van der Waals surface area (Å²) in [5.74, 6) is 0.886. The molecule has 0 amide bonds. The highest BCUT2D eigenvalue weighted by molar-refractivity contribution is 5.43. The number of benzene rings is 1. The quantitative estimate of drug-likeness (QED) is 0.862. The number of nitrogens with two attached hydrogens (primary N) is 1. The summed E-state index contributed by atoms with van der Waals surface area (Å²) in [5.41, 5.74) is 7.78. The largest absolute Gasteiger partial charge is 0.490 e. The molecule has 0 spiro atoms. The first-order chi connectivity index (χ1) is 8.53. The molecule has 0 heterocycles. The van der Waals surface area contributed by atoms with Gasteiger partial charge in [0, 0.05) is 6.04 Å². The molecule has 0 bridgehead atoms. The van der Waals surface area contributed by atoms with Crippen LogP contribution in [0.3, 0.4) is 0 Å². The SMILES string of the molecule is CCC(C)(O)COc1cccc2c1CCCC2N. The number of hydrogen-bond donors (Lipinski definition) is 2. The van der Waals surface area contributed by atoms with Gasteiger partial charge < -0.3 is 15.6 Å². The fourth-order valence-corrected chi connectivity index (χ4v) is 2.32. The molecule has 0 saturated heterocycles. The van der Waals surface area contributed by atoms with Crippen molar-refractivity contribution in [1.29, 1.82) is 0 Å². The van der Waals surface area contributed by atoms with E-state index >= 15 is 0 Å². The number of rotatable bonds is 4. The van der Waals surface area contributed by atoms with E-state index in [9.17, 15) is 5.11 Å². The van der Waals surface area contributed by atoms with Crippen molar-refractivity contribution in [3.8, 4) is 5.75 Å². The highest BCUT2D eigenvalue weighted by Crippen LogP contribution is 2.34. The standard InChI is InChI=1S/C15H23NO2/c1-3-15(2,17)10-18-14-9-5-6-11-12(14)7-4-8-13(11)16/h5-6,9,13,17H,3-4,7-8,10,16H2,1-2H3. The Hall–Kier alpha value is -1.06. The molecule has 3 heteroatoms. The summed E-state index contributed by atoms with van der Waals surface area (Å²) < 4.78 is 5.80. The van der Waals surface area contributed by atoms with Crippen LogP contribution in [-0.2, 0) is 6.42 Å². The van der Waals surface area contributed by atoms with Gasteiger partial charge in [0.25, 0.3) is 0 Å². The monoisotopic (exact) mass is 249 g/mol. The summed E-state index contributed by atoms with van der Waals surface area (Å²) in [6.45, 7) is 4.09. The van der Waals surface area contributed by atoms with E-state index in [1.807, 2.05) is 19.1 Å². The van der Waals surface area contributed by atoms with Gasteiger partial charge in [-0.15, -0.1) is 0 Å². The lowest BCUT2D eigenvalue weighted by Crippen LogP contribution is -2.31. The molecule has 0 aliphatic heterocycles. The second kappa shape index (κ2) is 5.29. The van der Waals surface area contributed by atoms with Gasteiger partial charge in [-0.25, -0.2) is 0 Å². The van der Waals surface area contributed by atoms with Crippen LogP contribution in [0.25, 0.3) is 0 Å². The van der Waals surface area contributed by atoms with Crippen LogP contribution in [0.15, 0.2) is 18.2 Å². The predicted molar refractivity (Wildman–Crippen MR) is 72.7 cm³/mol. The Labute approximate surface area is 109 Å². The van der Waals surface area contributed by atoms with Crippen molar-refractivity contribution >= 4 is 0 Å². The Morgan fingerprint density at radius 2 is 2.28 bits per heavy atom. The van der Waals surface area contributed by atoms with Crippen LogP contribution in [0.1, 0.15) is 50.3 Å². The maximum Gasteiger partial charge on any atom is 0.122 e. The fraction of sp³-hybridized carbons (Fsp3) is 0.600. The first-order valence-electron chi connectivity index (χ1n) is 6.76. The van der Waals surface area contributed by atoms with E-state index in [0.29, 0.717) is 13.0 Å². The number of aliphatic hydroxyl groups is 1. The molecule has 1 aromatic rings. The lowest BCUT2D eigenvalue weighted by molar-refractivity contribution is 0.00810. The molecule has 18 heavy (non-hydrogen) atoms. The molecule has 2 atom stereocenters. The lowest BCUT2D eigenvalue weighted by atomic mass is 9.87. The molecule has 2 rings (SSSR count). The summed E-state index contributed by atoms with van der Waals surface area (Å²) in [5, 5.41) is 9.99. The average Bonchev–Trinajstić information content (AvgIpc) is 2.37. The second-order valence-corrected chi connectivity index (χ2v) is 5.46. The molecule has 0 aromatic heterocycles. The van der Waals surface area contributed by atoms with Crippen LogP contribution in [0.2, 0.25) is 0 Å². The Morgan fingerprint density at radius 3 is 3.00 bits per heavy atom. The zero-order chi connectivity index (χ0) is 13.2. The molecule has 3 N–H and O–H groups in total. The smallest absolute Gasteiger partial charge is 0.122 e. The molecule has 1 aliphatic carbocycles. The summed E-state index contributed by atoms with van der Waals surface area (Å²) in [6, 6.07) is 6.18. The summed E-state index contributed by atoms with van der Waals surface area (Å²) in [7, 11) is 0. The Morgan fingerprint density at radius 1 is 1.50 bits per heavy atom. The lowest BCUT2D eigenvalue weighted by Gasteiger charge is -2.27. The first-order valence-corrected chi connectivity index (χ1v) is 6.76. The summed E-state index contributed by atoms with van der Waals surface area (Å²) in [4.78, 5) is 0. The summed E-state index contributed by atoms with van der Waals surface area (Å²) >= 11 is 0. The van der Waals surface area contributed by atoms with E-state index in [1.54, 1.807) is 6.92 Å². The molecule has 0 radical (unpaired) electrons. The van der Waals surface area contributed by atoms with E-state index in [0.717, 1.165) is 25.0 Å². The molecule has 0 fully saturated rings. The number of hydrogen-bond acceptors (Lipinski definition) is 3. The van der Waals surface area contributed by atoms with Gasteiger partial charge in [0.2, 0.25) is 0 Å². The summed E-state index contributed by atoms with van der Waals surface area (Å²) in [6.07, 6.45) is 3.86. The van der Waals surface area contributed by atoms with E-state index in [4.69, 9.17) is 10.5 Å². The van der Waals surface area contributed by atoms with Gasteiger partial charge in [-0.3, -0.25) is 0 Å². The topological polar surface area (TPSA) is 55.5 Å². The van der Waals surface area contributed by atoms with Crippen molar-refractivity contribution in [3.63, 3.8) is 0 Å². The molecule has 2 unspecified atom stereocenters. The van der Waals surface area contributed by atoms with Crippen molar-refractivity contribution in [1.82, 2.24) is 0 Å². The minimum atomic E-state index is -0.764. The maximum atomic E-state index is 9.99.